The molecular weight excluding hydrogens is 520 g/mol. The van der Waals surface area contributed by atoms with Gasteiger partial charge in [0.2, 0.25) is 0 Å². The van der Waals surface area contributed by atoms with Crippen molar-refractivity contribution in [3.05, 3.63) is 95.7 Å². The summed E-state index contributed by atoms with van der Waals surface area (Å²) in [4.78, 5) is 40.1. The molecule has 0 aliphatic heterocycles. The standard InChI is InChI=1S/C33H34N2O6/c1-5-34(31(38)40-20-27-25-15-8-6-13-23(25)24-14-7-9-16-26(24)27)29(30(36)37)18-21-19-35(32(39)41-33(2,3)4)28-17-11-10-12-22(21)28/h6-17,19,27,29H,5,18,20H2,1-4H3,(H,36,37). The number of aliphatic carboxylic acids is 1. The summed E-state index contributed by atoms with van der Waals surface area (Å²) in [5, 5.41) is 10.9. The summed E-state index contributed by atoms with van der Waals surface area (Å²) in [7, 11) is 0. The molecule has 1 aliphatic carbocycles. The van der Waals surface area contributed by atoms with Gasteiger partial charge in [-0.15, -0.1) is 0 Å². The highest BCUT2D eigenvalue weighted by Crippen LogP contribution is 2.44. The molecule has 0 bridgehead atoms. The highest BCUT2D eigenvalue weighted by molar-refractivity contribution is 5.93. The van der Waals surface area contributed by atoms with Crippen LogP contribution >= 0.6 is 0 Å². The largest absolute Gasteiger partial charge is 0.480 e. The van der Waals surface area contributed by atoms with Gasteiger partial charge in [0.15, 0.2) is 0 Å². The van der Waals surface area contributed by atoms with Gasteiger partial charge in [-0.05, 0) is 61.6 Å². The average molecular weight is 555 g/mol. The van der Waals surface area contributed by atoms with E-state index in [1.165, 1.54) is 9.47 Å². The van der Waals surface area contributed by atoms with E-state index in [4.69, 9.17) is 9.47 Å². The molecule has 0 radical (unpaired) electrons. The maximum atomic E-state index is 13.4. The van der Waals surface area contributed by atoms with Crippen LogP contribution in [0.25, 0.3) is 22.0 Å². The second kappa shape index (κ2) is 11.1. The summed E-state index contributed by atoms with van der Waals surface area (Å²) in [5.74, 6) is -1.30. The van der Waals surface area contributed by atoms with E-state index in [9.17, 15) is 19.5 Å². The molecule has 3 aromatic carbocycles. The lowest BCUT2D eigenvalue weighted by molar-refractivity contribution is -0.142. The van der Waals surface area contributed by atoms with Crippen molar-refractivity contribution in [1.82, 2.24) is 9.47 Å². The lowest BCUT2D eigenvalue weighted by Gasteiger charge is -2.27. The van der Waals surface area contributed by atoms with E-state index < -0.39 is 29.8 Å². The van der Waals surface area contributed by atoms with Crippen LogP contribution in [0.5, 0.6) is 0 Å². The van der Waals surface area contributed by atoms with Gasteiger partial charge >= 0.3 is 18.2 Å². The number of rotatable bonds is 7. The predicted octanol–water partition coefficient (Wildman–Crippen LogP) is 6.69. The molecule has 41 heavy (non-hydrogen) atoms. The minimum absolute atomic E-state index is 0.0102. The maximum absolute atomic E-state index is 13.4. The number of para-hydroxylation sites is 1. The number of carboxylic acids is 1. The van der Waals surface area contributed by atoms with Crippen molar-refractivity contribution in [2.45, 2.75) is 51.7 Å². The minimum Gasteiger partial charge on any atom is -0.480 e. The Hall–Kier alpha value is -4.59. The number of benzene rings is 3. The van der Waals surface area contributed by atoms with Gasteiger partial charge in [0.1, 0.15) is 18.2 Å². The maximum Gasteiger partial charge on any atom is 0.419 e. The van der Waals surface area contributed by atoms with Crippen LogP contribution in [0.15, 0.2) is 79.0 Å². The molecule has 8 nitrogen and oxygen atoms in total. The number of hydrogen-bond acceptors (Lipinski definition) is 5. The molecule has 1 unspecified atom stereocenters. The molecule has 0 spiro atoms. The van der Waals surface area contributed by atoms with E-state index in [0.717, 1.165) is 22.3 Å². The van der Waals surface area contributed by atoms with Gasteiger partial charge in [-0.3, -0.25) is 9.47 Å². The summed E-state index contributed by atoms with van der Waals surface area (Å²) in [6, 6.07) is 22.1. The number of carboxylic acid groups (broad SMARTS) is 1. The van der Waals surface area contributed by atoms with Crippen LogP contribution < -0.4 is 0 Å². The Kier molecular flexibility index (Phi) is 7.58. The molecule has 5 rings (SSSR count). The number of carbonyl (C=O) groups is 3. The molecule has 0 saturated heterocycles. The Labute approximate surface area is 239 Å². The smallest absolute Gasteiger partial charge is 0.419 e. The van der Waals surface area contributed by atoms with Crippen LogP contribution in [-0.4, -0.2) is 57.5 Å². The zero-order chi connectivity index (χ0) is 29.3. The Balaban J connectivity index is 1.38. The molecule has 4 aromatic rings. The topological polar surface area (TPSA) is 98.1 Å². The van der Waals surface area contributed by atoms with Gasteiger partial charge in [0.25, 0.3) is 0 Å². The van der Waals surface area contributed by atoms with Gasteiger partial charge in [0, 0.05) is 30.5 Å². The van der Waals surface area contributed by atoms with Gasteiger partial charge in [-0.2, -0.15) is 0 Å². The van der Waals surface area contributed by atoms with Crippen molar-refractivity contribution < 1.29 is 29.0 Å². The highest BCUT2D eigenvalue weighted by Gasteiger charge is 2.34. The number of carbonyl (C=O) groups excluding carboxylic acids is 2. The first-order valence-electron chi connectivity index (χ1n) is 13.8. The lowest BCUT2D eigenvalue weighted by atomic mass is 9.98. The average Bonchev–Trinajstić information content (AvgIpc) is 3.47. The van der Waals surface area contributed by atoms with Crippen molar-refractivity contribution in [2.24, 2.45) is 0 Å². The normalized spacial score (nSPS) is 13.4. The van der Waals surface area contributed by atoms with Crippen LogP contribution in [0.2, 0.25) is 0 Å². The van der Waals surface area contributed by atoms with Crippen LogP contribution in [0.1, 0.15) is 50.3 Å². The number of likely N-dealkylation sites (N-methyl/N-ethyl adjacent to an activating group) is 1. The van der Waals surface area contributed by atoms with Crippen molar-refractivity contribution >= 4 is 29.1 Å². The summed E-state index contributed by atoms with van der Waals surface area (Å²) < 4.78 is 12.7. The lowest BCUT2D eigenvalue weighted by Crippen LogP contribution is -2.46. The van der Waals surface area contributed by atoms with Crippen LogP contribution in [0.4, 0.5) is 9.59 Å². The molecule has 1 aromatic heterocycles. The van der Waals surface area contributed by atoms with Crippen molar-refractivity contribution in [3.63, 3.8) is 0 Å². The molecular formula is C33H34N2O6. The number of amides is 1. The first-order valence-corrected chi connectivity index (χ1v) is 13.8. The number of nitrogens with zero attached hydrogens (tertiary/aromatic N) is 2. The fraction of sp³-hybridized carbons (Fsp3) is 0.303. The third-order valence-electron chi connectivity index (χ3n) is 7.37. The third-order valence-corrected chi connectivity index (χ3v) is 7.37. The van der Waals surface area contributed by atoms with Gasteiger partial charge < -0.3 is 14.6 Å². The summed E-state index contributed by atoms with van der Waals surface area (Å²) in [6.07, 6.45) is 0.331. The van der Waals surface area contributed by atoms with Gasteiger partial charge in [-0.1, -0.05) is 66.7 Å². The Bertz CT molecular complexity index is 1570. The second-order valence-electron chi connectivity index (χ2n) is 11.2. The van der Waals surface area contributed by atoms with E-state index in [0.29, 0.717) is 16.5 Å². The number of aromatic nitrogens is 1. The monoisotopic (exact) mass is 554 g/mol. The summed E-state index contributed by atoms with van der Waals surface area (Å²) >= 11 is 0. The zero-order valence-electron chi connectivity index (χ0n) is 23.7. The van der Waals surface area contributed by atoms with Crippen LogP contribution in [-0.2, 0) is 20.7 Å². The molecule has 0 fully saturated rings. The Morgan fingerprint density at radius 3 is 2.10 bits per heavy atom. The molecule has 212 valence electrons. The second-order valence-corrected chi connectivity index (χ2v) is 11.2. The van der Waals surface area contributed by atoms with Crippen LogP contribution in [0.3, 0.4) is 0 Å². The van der Waals surface area contributed by atoms with E-state index in [2.05, 4.69) is 12.1 Å². The molecule has 1 amide bonds. The van der Waals surface area contributed by atoms with E-state index in [1.807, 2.05) is 48.5 Å². The van der Waals surface area contributed by atoms with Crippen molar-refractivity contribution in [3.8, 4) is 11.1 Å². The third kappa shape index (κ3) is 5.55. The molecule has 1 atom stereocenters. The molecule has 0 saturated carbocycles. The fourth-order valence-corrected chi connectivity index (χ4v) is 5.57. The van der Waals surface area contributed by atoms with E-state index >= 15 is 0 Å². The number of fused-ring (bicyclic) bond motifs is 4. The molecule has 8 heteroatoms. The Morgan fingerprint density at radius 2 is 1.51 bits per heavy atom. The Morgan fingerprint density at radius 1 is 0.927 bits per heavy atom. The SMILES string of the molecule is CCN(C(=O)OCC1c2ccccc2-c2ccccc21)C(Cc1cn(C(=O)OC(C)(C)C)c2ccccc12)C(=O)O. The molecule has 1 heterocycles. The van der Waals surface area contributed by atoms with E-state index in [1.54, 1.807) is 46.0 Å². The fourth-order valence-electron chi connectivity index (χ4n) is 5.57. The molecule has 1 N–H and O–H groups in total. The zero-order valence-corrected chi connectivity index (χ0v) is 23.7. The summed E-state index contributed by atoms with van der Waals surface area (Å²) in [6.45, 7) is 7.30. The van der Waals surface area contributed by atoms with Crippen LogP contribution in [0, 0.1) is 0 Å². The number of hydrogen-bond donors (Lipinski definition) is 1. The first kappa shape index (κ1) is 28.0. The van der Waals surface area contributed by atoms with Gasteiger partial charge in [-0.25, -0.2) is 14.4 Å². The minimum atomic E-state index is -1.20. The summed E-state index contributed by atoms with van der Waals surface area (Å²) in [5.41, 5.74) is 4.90. The van der Waals surface area contributed by atoms with Crippen molar-refractivity contribution in [1.29, 1.82) is 0 Å². The molecule has 1 aliphatic rings. The number of ether oxygens (including phenoxy) is 2. The van der Waals surface area contributed by atoms with E-state index in [-0.39, 0.29) is 25.5 Å². The highest BCUT2D eigenvalue weighted by atomic mass is 16.6. The van der Waals surface area contributed by atoms with Gasteiger partial charge in [0.05, 0.1) is 5.52 Å². The first-order chi connectivity index (χ1) is 19.6. The van der Waals surface area contributed by atoms with Crippen molar-refractivity contribution in [2.75, 3.05) is 13.2 Å². The quantitative estimate of drug-likeness (QED) is 0.273. The predicted molar refractivity (Wildman–Crippen MR) is 156 cm³/mol.